The molecule has 1 fully saturated rings. The minimum absolute atomic E-state index is 0.0162. The van der Waals surface area contributed by atoms with Crippen LogP contribution in [0.4, 0.5) is 0 Å². The molecule has 3 nitrogen and oxygen atoms in total. The Morgan fingerprint density at radius 1 is 1.50 bits per heavy atom. The molecular weight excluding hydrogens is 204 g/mol. The smallest absolute Gasteiger partial charge is 0.192 e. The zero-order valence-electron chi connectivity index (χ0n) is 9.55. The van der Waals surface area contributed by atoms with E-state index in [1.807, 2.05) is 0 Å². The van der Waals surface area contributed by atoms with Crippen LogP contribution in [0.5, 0.6) is 0 Å². The molecule has 86 valence electrons. The Morgan fingerprint density at radius 3 is 3.06 bits per heavy atom. The van der Waals surface area contributed by atoms with Gasteiger partial charge in [0.05, 0.1) is 6.61 Å². The van der Waals surface area contributed by atoms with E-state index in [1.54, 1.807) is 19.3 Å². The Hall–Kier alpha value is -0.930. The van der Waals surface area contributed by atoms with Crippen LogP contribution in [-0.4, -0.2) is 25.3 Å². The second-order valence-electron chi connectivity index (χ2n) is 4.93. The second-order valence-corrected chi connectivity index (χ2v) is 4.93. The number of ketones is 1. The third kappa shape index (κ3) is 1.13. The molecule has 3 rings (SSSR count). The molecular formula is C13H16O3. The topological polar surface area (TPSA) is 35.5 Å². The fraction of sp³-hybridized carbons (Fsp3) is 0.615. The summed E-state index contributed by atoms with van der Waals surface area (Å²) in [5.41, 5.74) is 0. The van der Waals surface area contributed by atoms with Gasteiger partial charge in [0.25, 0.3) is 0 Å². The third-order valence-corrected chi connectivity index (χ3v) is 4.17. The number of hydrogen-bond acceptors (Lipinski definition) is 3. The largest absolute Gasteiger partial charge is 0.349 e. The van der Waals surface area contributed by atoms with Gasteiger partial charge in [-0.15, -0.1) is 0 Å². The van der Waals surface area contributed by atoms with E-state index >= 15 is 0 Å². The summed E-state index contributed by atoms with van der Waals surface area (Å²) in [6.45, 7) is 2.74. The lowest BCUT2D eigenvalue weighted by atomic mass is 9.65. The Morgan fingerprint density at radius 2 is 2.31 bits per heavy atom. The van der Waals surface area contributed by atoms with Crippen LogP contribution in [0.1, 0.15) is 6.92 Å². The van der Waals surface area contributed by atoms with Crippen LogP contribution in [0.15, 0.2) is 24.3 Å². The summed E-state index contributed by atoms with van der Waals surface area (Å²) in [6, 6.07) is 0. The average Bonchev–Trinajstić information content (AvgIpc) is 2.67. The zero-order valence-corrected chi connectivity index (χ0v) is 9.55. The van der Waals surface area contributed by atoms with Crippen molar-refractivity contribution in [2.24, 2.45) is 23.7 Å². The first-order chi connectivity index (χ1) is 7.68. The van der Waals surface area contributed by atoms with E-state index < -0.39 is 5.79 Å². The molecule has 3 aliphatic rings. The van der Waals surface area contributed by atoms with E-state index in [1.165, 1.54) is 0 Å². The molecule has 0 spiro atoms. The van der Waals surface area contributed by atoms with E-state index in [2.05, 4.69) is 19.1 Å². The molecule has 0 radical (unpaired) electrons. The van der Waals surface area contributed by atoms with Gasteiger partial charge in [0, 0.05) is 24.9 Å². The van der Waals surface area contributed by atoms with Gasteiger partial charge in [-0.1, -0.05) is 19.1 Å². The maximum atomic E-state index is 12.0. The van der Waals surface area contributed by atoms with Crippen molar-refractivity contribution in [1.29, 1.82) is 0 Å². The molecule has 0 aromatic rings. The Kier molecular flexibility index (Phi) is 2.10. The van der Waals surface area contributed by atoms with Crippen molar-refractivity contribution in [3.05, 3.63) is 24.3 Å². The lowest BCUT2D eigenvalue weighted by Gasteiger charge is -2.42. The normalized spacial score (nSPS) is 49.5. The molecule has 0 saturated carbocycles. The SMILES string of the molecule is CO[C@@]12C=CC(=O)[C@H]3[C@@H]1[C@H](C=C[C@H]3C)CO2. The Bertz CT molecular complexity index is 385. The van der Waals surface area contributed by atoms with Crippen molar-refractivity contribution in [1.82, 2.24) is 0 Å². The molecule has 1 saturated heterocycles. The van der Waals surface area contributed by atoms with E-state index in [4.69, 9.17) is 9.47 Å². The van der Waals surface area contributed by atoms with Gasteiger partial charge in [0.15, 0.2) is 11.6 Å². The van der Waals surface area contributed by atoms with Gasteiger partial charge in [-0.05, 0) is 18.1 Å². The summed E-state index contributed by atoms with van der Waals surface area (Å²) in [5.74, 6) is 0.301. The monoisotopic (exact) mass is 220 g/mol. The highest BCUT2D eigenvalue weighted by atomic mass is 16.7. The Balaban J connectivity index is 2.11. The summed E-state index contributed by atoms with van der Waals surface area (Å²) in [4.78, 5) is 12.0. The first-order valence-corrected chi connectivity index (χ1v) is 5.78. The minimum Gasteiger partial charge on any atom is -0.349 e. The molecule has 3 heteroatoms. The van der Waals surface area contributed by atoms with Gasteiger partial charge < -0.3 is 9.47 Å². The van der Waals surface area contributed by atoms with Gasteiger partial charge in [-0.3, -0.25) is 4.79 Å². The standard InChI is InChI=1S/C13H16O3/c1-8-3-4-9-7-16-13(15-2)6-5-10(14)11(8)12(9)13/h3-6,8-9,11-12H,7H2,1-2H3/t8-,9-,11+,12+,13-/m1/s1. The van der Waals surface area contributed by atoms with Gasteiger partial charge in [-0.25, -0.2) is 0 Å². The number of rotatable bonds is 1. The van der Waals surface area contributed by atoms with Crippen molar-refractivity contribution in [3.8, 4) is 0 Å². The van der Waals surface area contributed by atoms with Crippen LogP contribution in [0.25, 0.3) is 0 Å². The van der Waals surface area contributed by atoms with Gasteiger partial charge >= 0.3 is 0 Å². The fourth-order valence-corrected chi connectivity index (χ4v) is 3.35. The maximum Gasteiger partial charge on any atom is 0.192 e. The van der Waals surface area contributed by atoms with Crippen molar-refractivity contribution in [2.45, 2.75) is 12.7 Å². The first kappa shape index (κ1) is 10.2. The van der Waals surface area contributed by atoms with Crippen molar-refractivity contribution < 1.29 is 14.3 Å². The summed E-state index contributed by atoms with van der Waals surface area (Å²) < 4.78 is 11.3. The molecule has 0 unspecified atom stereocenters. The van der Waals surface area contributed by atoms with Crippen LogP contribution >= 0.6 is 0 Å². The molecule has 0 bridgehead atoms. The number of hydrogen-bond donors (Lipinski definition) is 0. The molecule has 1 aliphatic heterocycles. The summed E-state index contributed by atoms with van der Waals surface area (Å²) in [7, 11) is 1.66. The number of ether oxygens (including phenoxy) is 2. The highest BCUT2D eigenvalue weighted by Crippen LogP contribution is 2.50. The van der Waals surface area contributed by atoms with Gasteiger partial charge in [0.2, 0.25) is 0 Å². The molecule has 0 aromatic carbocycles. The molecule has 0 amide bonds. The number of carbonyl (C=O) groups is 1. The minimum atomic E-state index is -0.664. The van der Waals surface area contributed by atoms with Crippen LogP contribution in [-0.2, 0) is 14.3 Å². The molecule has 2 aliphatic carbocycles. The predicted molar refractivity (Wildman–Crippen MR) is 58.6 cm³/mol. The maximum absolute atomic E-state index is 12.0. The summed E-state index contributed by atoms with van der Waals surface area (Å²) in [5, 5.41) is 0. The van der Waals surface area contributed by atoms with E-state index in [-0.39, 0.29) is 23.5 Å². The summed E-state index contributed by atoms with van der Waals surface area (Å²) >= 11 is 0. The fourth-order valence-electron chi connectivity index (χ4n) is 3.35. The van der Waals surface area contributed by atoms with Gasteiger partial charge in [-0.2, -0.15) is 0 Å². The lowest BCUT2D eigenvalue weighted by Crippen LogP contribution is -2.49. The van der Waals surface area contributed by atoms with Crippen LogP contribution < -0.4 is 0 Å². The summed E-state index contributed by atoms with van der Waals surface area (Å²) in [6.07, 6.45) is 7.74. The number of carbonyl (C=O) groups excluding carboxylic acids is 1. The highest BCUT2D eigenvalue weighted by Gasteiger charge is 2.57. The number of allylic oxidation sites excluding steroid dienone is 2. The van der Waals surface area contributed by atoms with Crippen LogP contribution in [0.3, 0.4) is 0 Å². The van der Waals surface area contributed by atoms with E-state index in [0.29, 0.717) is 12.5 Å². The highest BCUT2D eigenvalue weighted by molar-refractivity contribution is 5.94. The van der Waals surface area contributed by atoms with Crippen LogP contribution in [0.2, 0.25) is 0 Å². The second kappa shape index (κ2) is 3.28. The van der Waals surface area contributed by atoms with Crippen molar-refractivity contribution in [2.75, 3.05) is 13.7 Å². The predicted octanol–water partition coefficient (Wildman–Crippen LogP) is 1.55. The molecule has 0 aromatic heterocycles. The first-order valence-electron chi connectivity index (χ1n) is 5.78. The van der Waals surface area contributed by atoms with E-state index in [0.717, 1.165) is 0 Å². The zero-order chi connectivity index (χ0) is 11.3. The van der Waals surface area contributed by atoms with Crippen molar-refractivity contribution >= 4 is 5.78 Å². The quantitative estimate of drug-likeness (QED) is 0.629. The van der Waals surface area contributed by atoms with Crippen molar-refractivity contribution in [3.63, 3.8) is 0 Å². The average molecular weight is 220 g/mol. The molecule has 0 N–H and O–H groups in total. The molecule has 16 heavy (non-hydrogen) atoms. The van der Waals surface area contributed by atoms with E-state index in [9.17, 15) is 4.79 Å². The van der Waals surface area contributed by atoms with Gasteiger partial charge in [0.1, 0.15) is 0 Å². The van der Waals surface area contributed by atoms with Crippen LogP contribution in [0, 0.1) is 23.7 Å². The lowest BCUT2D eigenvalue weighted by molar-refractivity contribution is -0.194. The Labute approximate surface area is 95.1 Å². The molecule has 5 atom stereocenters. The molecule has 1 heterocycles. The third-order valence-electron chi connectivity index (χ3n) is 4.17. The number of methoxy groups -OCH3 is 1.